The smallest absolute Gasteiger partial charge is 0.322 e. The van der Waals surface area contributed by atoms with Crippen LogP contribution in [-0.2, 0) is 4.79 Å². The number of anilines is 1. The van der Waals surface area contributed by atoms with Crippen LogP contribution < -0.4 is 4.90 Å². The molecule has 0 aromatic heterocycles. The minimum atomic E-state index is -0.820. The zero-order valence-corrected chi connectivity index (χ0v) is 9.64. The van der Waals surface area contributed by atoms with Crippen molar-refractivity contribution in [3.8, 4) is 0 Å². The van der Waals surface area contributed by atoms with Gasteiger partial charge in [-0.1, -0.05) is 0 Å². The van der Waals surface area contributed by atoms with Crippen LogP contribution in [0.3, 0.4) is 0 Å². The van der Waals surface area contributed by atoms with E-state index in [1.165, 1.54) is 12.1 Å². The van der Waals surface area contributed by atoms with E-state index in [1.807, 2.05) is 9.80 Å². The number of piperazine rings is 1. The van der Waals surface area contributed by atoms with Crippen molar-refractivity contribution < 1.29 is 14.3 Å². The second-order valence-electron chi connectivity index (χ2n) is 4.26. The second-order valence-corrected chi connectivity index (χ2v) is 4.26. The van der Waals surface area contributed by atoms with E-state index in [4.69, 9.17) is 5.11 Å². The van der Waals surface area contributed by atoms with Gasteiger partial charge in [-0.15, -0.1) is 0 Å². The summed E-state index contributed by atoms with van der Waals surface area (Å²) in [5.74, 6) is -1.10. The zero-order valence-electron chi connectivity index (χ0n) is 9.64. The van der Waals surface area contributed by atoms with Gasteiger partial charge in [0.1, 0.15) is 11.9 Å². The highest BCUT2D eigenvalue weighted by atomic mass is 19.1. The van der Waals surface area contributed by atoms with E-state index in [1.54, 1.807) is 19.2 Å². The van der Waals surface area contributed by atoms with Gasteiger partial charge < -0.3 is 10.0 Å². The molecule has 1 aromatic carbocycles. The van der Waals surface area contributed by atoms with E-state index in [2.05, 4.69) is 0 Å². The predicted molar refractivity (Wildman–Crippen MR) is 62.7 cm³/mol. The topological polar surface area (TPSA) is 43.8 Å². The van der Waals surface area contributed by atoms with Crippen LogP contribution in [0.15, 0.2) is 24.3 Å². The molecule has 1 aromatic rings. The van der Waals surface area contributed by atoms with Crippen LogP contribution in [0.4, 0.5) is 10.1 Å². The number of benzene rings is 1. The highest BCUT2D eigenvalue weighted by molar-refractivity contribution is 5.75. The molecule has 1 aliphatic rings. The lowest BCUT2D eigenvalue weighted by Crippen LogP contribution is -2.54. The Bertz CT molecular complexity index is 407. The summed E-state index contributed by atoms with van der Waals surface area (Å²) < 4.78 is 12.8. The molecule has 17 heavy (non-hydrogen) atoms. The number of carboxylic acid groups (broad SMARTS) is 1. The number of nitrogens with zero attached hydrogens (tertiary/aromatic N) is 2. The van der Waals surface area contributed by atoms with Gasteiger partial charge in [-0.05, 0) is 31.3 Å². The Hall–Kier alpha value is -1.62. The molecule has 5 heteroatoms. The maximum atomic E-state index is 12.8. The summed E-state index contributed by atoms with van der Waals surface area (Å²) >= 11 is 0. The third-order valence-corrected chi connectivity index (χ3v) is 3.12. The van der Waals surface area contributed by atoms with Crippen molar-refractivity contribution >= 4 is 11.7 Å². The van der Waals surface area contributed by atoms with E-state index >= 15 is 0 Å². The minimum Gasteiger partial charge on any atom is -0.480 e. The molecule has 2 rings (SSSR count). The quantitative estimate of drug-likeness (QED) is 0.835. The summed E-state index contributed by atoms with van der Waals surface area (Å²) in [6.45, 7) is 1.87. The van der Waals surface area contributed by atoms with Crippen molar-refractivity contribution in [1.82, 2.24) is 4.90 Å². The van der Waals surface area contributed by atoms with E-state index in [9.17, 15) is 9.18 Å². The van der Waals surface area contributed by atoms with Crippen LogP contribution in [0, 0.1) is 5.82 Å². The maximum Gasteiger partial charge on any atom is 0.322 e. The molecular formula is C12H15FN2O2. The van der Waals surface area contributed by atoms with Crippen molar-refractivity contribution in [3.05, 3.63) is 30.1 Å². The maximum absolute atomic E-state index is 12.8. The molecule has 1 aliphatic heterocycles. The average Bonchev–Trinajstić information content (AvgIpc) is 2.30. The van der Waals surface area contributed by atoms with Gasteiger partial charge in [-0.25, -0.2) is 4.39 Å². The first-order chi connectivity index (χ1) is 8.08. The first-order valence-corrected chi connectivity index (χ1v) is 5.51. The third kappa shape index (κ3) is 2.55. The molecule has 1 atom stereocenters. The Morgan fingerprint density at radius 2 is 2.00 bits per heavy atom. The molecule has 0 radical (unpaired) electrons. The van der Waals surface area contributed by atoms with Gasteiger partial charge in [-0.3, -0.25) is 9.69 Å². The Morgan fingerprint density at radius 3 is 2.59 bits per heavy atom. The lowest BCUT2D eigenvalue weighted by molar-refractivity contribution is -0.142. The molecule has 0 amide bonds. The molecule has 4 nitrogen and oxygen atoms in total. The lowest BCUT2D eigenvalue weighted by atomic mass is 10.1. The fourth-order valence-corrected chi connectivity index (χ4v) is 2.03. The Kier molecular flexibility index (Phi) is 3.28. The number of aliphatic carboxylic acids is 1. The number of likely N-dealkylation sites (N-methyl/N-ethyl adjacent to an activating group) is 1. The van der Waals surface area contributed by atoms with Crippen LogP contribution in [0.1, 0.15) is 0 Å². The molecule has 92 valence electrons. The highest BCUT2D eigenvalue weighted by Gasteiger charge is 2.29. The standard InChI is InChI=1S/C12H15FN2O2/c1-14-6-7-15(8-11(14)12(16)17)10-4-2-9(13)3-5-10/h2-5,11H,6-8H2,1H3,(H,16,17)/t11-/m0/s1. The molecule has 1 N–H and O–H groups in total. The van der Waals surface area contributed by atoms with Gasteiger partial charge >= 0.3 is 5.97 Å². The summed E-state index contributed by atoms with van der Waals surface area (Å²) in [5, 5.41) is 9.09. The van der Waals surface area contributed by atoms with Gasteiger partial charge in [0.15, 0.2) is 0 Å². The van der Waals surface area contributed by atoms with Crippen LogP contribution in [0.2, 0.25) is 0 Å². The Morgan fingerprint density at radius 1 is 1.35 bits per heavy atom. The third-order valence-electron chi connectivity index (χ3n) is 3.12. The van der Waals surface area contributed by atoms with Crippen molar-refractivity contribution in [2.24, 2.45) is 0 Å². The van der Waals surface area contributed by atoms with Crippen molar-refractivity contribution in [3.63, 3.8) is 0 Å². The normalized spacial score (nSPS) is 21.5. The summed E-state index contributed by atoms with van der Waals surface area (Å²) in [5.41, 5.74) is 0.866. The number of halogens is 1. The fraction of sp³-hybridized carbons (Fsp3) is 0.417. The molecule has 0 bridgehead atoms. The van der Waals surface area contributed by atoms with Gasteiger partial charge in [0.25, 0.3) is 0 Å². The van der Waals surface area contributed by atoms with Crippen LogP contribution >= 0.6 is 0 Å². The average molecular weight is 238 g/mol. The molecule has 1 saturated heterocycles. The van der Waals surface area contributed by atoms with Crippen LogP contribution in [0.5, 0.6) is 0 Å². The number of hydrogen-bond acceptors (Lipinski definition) is 3. The highest BCUT2D eigenvalue weighted by Crippen LogP contribution is 2.18. The van der Waals surface area contributed by atoms with Gasteiger partial charge in [0, 0.05) is 25.3 Å². The summed E-state index contributed by atoms with van der Waals surface area (Å²) in [4.78, 5) is 14.9. The molecule has 0 saturated carbocycles. The Balaban J connectivity index is 2.13. The Labute approximate surface area is 99.3 Å². The summed E-state index contributed by atoms with van der Waals surface area (Å²) in [6.07, 6.45) is 0. The van der Waals surface area contributed by atoms with Gasteiger partial charge in [0.2, 0.25) is 0 Å². The first-order valence-electron chi connectivity index (χ1n) is 5.51. The number of carboxylic acids is 1. The van der Waals surface area contributed by atoms with E-state index in [0.717, 1.165) is 12.2 Å². The number of hydrogen-bond donors (Lipinski definition) is 1. The predicted octanol–water partition coefficient (Wildman–Crippen LogP) is 1.03. The number of carbonyl (C=O) groups is 1. The van der Waals surface area contributed by atoms with Crippen molar-refractivity contribution in [2.45, 2.75) is 6.04 Å². The largest absolute Gasteiger partial charge is 0.480 e. The van der Waals surface area contributed by atoms with Gasteiger partial charge in [0.05, 0.1) is 0 Å². The van der Waals surface area contributed by atoms with Crippen molar-refractivity contribution in [2.75, 3.05) is 31.6 Å². The van der Waals surface area contributed by atoms with Gasteiger partial charge in [-0.2, -0.15) is 0 Å². The van der Waals surface area contributed by atoms with Crippen LogP contribution in [0.25, 0.3) is 0 Å². The molecule has 0 aliphatic carbocycles. The molecule has 1 fully saturated rings. The van der Waals surface area contributed by atoms with E-state index < -0.39 is 12.0 Å². The molecule has 1 heterocycles. The molecule has 0 spiro atoms. The minimum absolute atomic E-state index is 0.280. The van der Waals surface area contributed by atoms with E-state index in [0.29, 0.717) is 13.1 Å². The summed E-state index contributed by atoms with van der Waals surface area (Å²) in [7, 11) is 1.81. The second kappa shape index (κ2) is 4.71. The molecular weight excluding hydrogens is 223 g/mol. The SMILES string of the molecule is CN1CCN(c2ccc(F)cc2)C[C@H]1C(=O)O. The number of rotatable bonds is 2. The summed E-state index contributed by atoms with van der Waals surface area (Å²) in [6, 6.07) is 5.64. The van der Waals surface area contributed by atoms with Crippen LogP contribution in [-0.4, -0.2) is 48.7 Å². The lowest BCUT2D eigenvalue weighted by Gasteiger charge is -2.38. The zero-order chi connectivity index (χ0) is 12.4. The molecule has 0 unspecified atom stereocenters. The first kappa shape index (κ1) is 11.9. The fourth-order valence-electron chi connectivity index (χ4n) is 2.03. The van der Waals surface area contributed by atoms with E-state index in [-0.39, 0.29) is 5.82 Å². The monoisotopic (exact) mass is 238 g/mol. The van der Waals surface area contributed by atoms with Crippen molar-refractivity contribution in [1.29, 1.82) is 0 Å².